The molecule has 1 aromatic rings. The monoisotopic (exact) mass is 266 g/mol. The fourth-order valence-corrected chi connectivity index (χ4v) is 3.26. The van der Waals surface area contributed by atoms with Gasteiger partial charge in [-0.3, -0.25) is 4.98 Å². The summed E-state index contributed by atoms with van der Waals surface area (Å²) >= 11 is 6.16. The maximum atomic E-state index is 6.16. The fourth-order valence-electron chi connectivity index (χ4n) is 3.04. The fraction of sp³-hybridized carbons (Fsp3) is 0.667. The molecule has 1 unspecified atom stereocenters. The van der Waals surface area contributed by atoms with E-state index in [1.807, 2.05) is 12.3 Å². The van der Waals surface area contributed by atoms with Gasteiger partial charge in [0.1, 0.15) is 0 Å². The van der Waals surface area contributed by atoms with Crippen LogP contribution in [0.4, 0.5) is 0 Å². The number of rotatable bonds is 6. The van der Waals surface area contributed by atoms with Crippen LogP contribution >= 0.6 is 11.6 Å². The number of pyridine rings is 1. The van der Waals surface area contributed by atoms with E-state index < -0.39 is 0 Å². The maximum absolute atomic E-state index is 6.16. The Bertz CT molecular complexity index is 361. The van der Waals surface area contributed by atoms with Gasteiger partial charge in [0.2, 0.25) is 0 Å². The first-order chi connectivity index (χ1) is 8.81. The summed E-state index contributed by atoms with van der Waals surface area (Å²) in [5.74, 6) is 0.866. The Hall–Kier alpha value is -0.600. The minimum absolute atomic E-state index is 0.654. The number of hydrogen-bond acceptors (Lipinski definition) is 2. The smallest absolute Gasteiger partial charge is 0.0621 e. The number of aromatic nitrogens is 1. The van der Waals surface area contributed by atoms with E-state index in [4.69, 9.17) is 11.6 Å². The average molecular weight is 267 g/mol. The number of halogens is 1. The molecule has 2 nitrogen and oxygen atoms in total. The van der Waals surface area contributed by atoms with Gasteiger partial charge in [-0.1, -0.05) is 31.4 Å². The van der Waals surface area contributed by atoms with Crippen molar-refractivity contribution in [2.24, 2.45) is 5.92 Å². The molecule has 100 valence electrons. The maximum Gasteiger partial charge on any atom is 0.0621 e. The van der Waals surface area contributed by atoms with Crippen molar-refractivity contribution < 1.29 is 0 Å². The molecule has 1 aromatic heterocycles. The van der Waals surface area contributed by atoms with Crippen LogP contribution < -0.4 is 5.32 Å². The molecule has 1 N–H and O–H groups in total. The molecule has 1 saturated carbocycles. The highest BCUT2D eigenvalue weighted by molar-refractivity contribution is 6.31. The molecule has 1 fully saturated rings. The van der Waals surface area contributed by atoms with E-state index in [1.54, 1.807) is 6.20 Å². The predicted octanol–water partition coefficient (Wildman–Crippen LogP) is 3.84. The third-order valence-corrected chi connectivity index (χ3v) is 4.36. The van der Waals surface area contributed by atoms with Crippen molar-refractivity contribution in [2.45, 2.75) is 51.5 Å². The first-order valence-corrected chi connectivity index (χ1v) is 7.50. The molecule has 2 rings (SSSR count). The van der Waals surface area contributed by atoms with Crippen LogP contribution in [0.25, 0.3) is 0 Å². The Morgan fingerprint density at radius 3 is 2.89 bits per heavy atom. The van der Waals surface area contributed by atoms with Crippen LogP contribution in [-0.2, 0) is 6.42 Å². The van der Waals surface area contributed by atoms with E-state index >= 15 is 0 Å². The summed E-state index contributed by atoms with van der Waals surface area (Å²) in [6, 6.07) is 2.70. The SMILES string of the molecule is CCNC(CCc1ccncc1Cl)C1CCCC1. The zero-order chi connectivity index (χ0) is 12.8. The number of aryl methyl sites for hydroxylation is 1. The Balaban J connectivity index is 1.91. The molecule has 0 spiro atoms. The van der Waals surface area contributed by atoms with Crippen molar-refractivity contribution in [3.63, 3.8) is 0 Å². The molecular weight excluding hydrogens is 244 g/mol. The van der Waals surface area contributed by atoms with Crippen molar-refractivity contribution in [3.05, 3.63) is 29.0 Å². The van der Waals surface area contributed by atoms with Crippen LogP contribution in [-0.4, -0.2) is 17.6 Å². The molecular formula is C15H23ClN2. The summed E-state index contributed by atoms with van der Waals surface area (Å²) in [5, 5.41) is 4.46. The Kier molecular flexibility index (Phi) is 5.45. The quantitative estimate of drug-likeness (QED) is 0.846. The lowest BCUT2D eigenvalue weighted by atomic mass is 9.92. The highest BCUT2D eigenvalue weighted by Crippen LogP contribution is 2.30. The lowest BCUT2D eigenvalue weighted by Gasteiger charge is -2.24. The zero-order valence-electron chi connectivity index (χ0n) is 11.2. The molecule has 1 atom stereocenters. The number of hydrogen-bond donors (Lipinski definition) is 1. The largest absolute Gasteiger partial charge is 0.314 e. The molecule has 0 aromatic carbocycles. The minimum atomic E-state index is 0.654. The van der Waals surface area contributed by atoms with Crippen molar-refractivity contribution in [1.29, 1.82) is 0 Å². The lowest BCUT2D eigenvalue weighted by Crippen LogP contribution is -2.35. The van der Waals surface area contributed by atoms with Crippen LogP contribution in [0.2, 0.25) is 5.02 Å². The summed E-state index contributed by atoms with van der Waals surface area (Å²) in [4.78, 5) is 4.04. The third kappa shape index (κ3) is 3.69. The van der Waals surface area contributed by atoms with Gasteiger partial charge in [-0.2, -0.15) is 0 Å². The first kappa shape index (κ1) is 13.8. The van der Waals surface area contributed by atoms with Crippen LogP contribution in [0.5, 0.6) is 0 Å². The van der Waals surface area contributed by atoms with Crippen molar-refractivity contribution in [3.8, 4) is 0 Å². The second-order valence-corrected chi connectivity index (χ2v) is 5.62. The van der Waals surface area contributed by atoms with Crippen LogP contribution in [0.15, 0.2) is 18.5 Å². The lowest BCUT2D eigenvalue weighted by molar-refractivity contribution is 0.346. The Morgan fingerprint density at radius 2 is 2.22 bits per heavy atom. The van der Waals surface area contributed by atoms with Gasteiger partial charge >= 0.3 is 0 Å². The topological polar surface area (TPSA) is 24.9 Å². The molecule has 0 aliphatic heterocycles. The molecule has 0 saturated heterocycles. The highest BCUT2D eigenvalue weighted by atomic mass is 35.5. The molecule has 1 aliphatic rings. The van der Waals surface area contributed by atoms with E-state index in [0.29, 0.717) is 6.04 Å². The first-order valence-electron chi connectivity index (χ1n) is 7.13. The van der Waals surface area contributed by atoms with Gasteiger partial charge in [0.15, 0.2) is 0 Å². The molecule has 0 radical (unpaired) electrons. The molecule has 1 aliphatic carbocycles. The van der Waals surface area contributed by atoms with E-state index in [2.05, 4.69) is 17.2 Å². The van der Waals surface area contributed by atoms with Crippen molar-refractivity contribution in [1.82, 2.24) is 10.3 Å². The second kappa shape index (κ2) is 7.10. The third-order valence-electron chi connectivity index (χ3n) is 4.02. The standard InChI is InChI=1S/C15H23ClN2/c1-2-18-15(13-5-3-4-6-13)8-7-12-9-10-17-11-14(12)16/h9-11,13,15,18H,2-8H2,1H3. The summed E-state index contributed by atoms with van der Waals surface area (Å²) < 4.78 is 0. The van der Waals surface area contributed by atoms with Crippen LogP contribution in [0.3, 0.4) is 0 Å². The van der Waals surface area contributed by atoms with Crippen LogP contribution in [0, 0.1) is 5.92 Å². The zero-order valence-corrected chi connectivity index (χ0v) is 11.9. The molecule has 1 heterocycles. The van der Waals surface area contributed by atoms with Gasteiger partial charge in [-0.15, -0.1) is 0 Å². The van der Waals surface area contributed by atoms with Crippen molar-refractivity contribution in [2.75, 3.05) is 6.54 Å². The second-order valence-electron chi connectivity index (χ2n) is 5.21. The highest BCUT2D eigenvalue weighted by Gasteiger charge is 2.24. The molecule has 18 heavy (non-hydrogen) atoms. The van der Waals surface area contributed by atoms with Gasteiger partial charge in [0, 0.05) is 18.4 Å². The number of nitrogens with zero attached hydrogens (tertiary/aromatic N) is 1. The Morgan fingerprint density at radius 1 is 1.44 bits per heavy atom. The molecule has 3 heteroatoms. The summed E-state index contributed by atoms with van der Waals surface area (Å²) in [6.45, 7) is 3.26. The van der Waals surface area contributed by atoms with Gasteiger partial charge in [-0.05, 0) is 49.8 Å². The minimum Gasteiger partial charge on any atom is -0.314 e. The van der Waals surface area contributed by atoms with E-state index in [-0.39, 0.29) is 0 Å². The summed E-state index contributed by atoms with van der Waals surface area (Å²) in [7, 11) is 0. The van der Waals surface area contributed by atoms with Gasteiger partial charge in [0.05, 0.1) is 5.02 Å². The number of nitrogens with one attached hydrogen (secondary N) is 1. The van der Waals surface area contributed by atoms with E-state index in [9.17, 15) is 0 Å². The normalized spacial score (nSPS) is 18.1. The van der Waals surface area contributed by atoms with Gasteiger partial charge < -0.3 is 5.32 Å². The van der Waals surface area contributed by atoms with E-state index in [1.165, 1.54) is 37.7 Å². The van der Waals surface area contributed by atoms with Crippen LogP contribution in [0.1, 0.15) is 44.6 Å². The van der Waals surface area contributed by atoms with Gasteiger partial charge in [0.25, 0.3) is 0 Å². The van der Waals surface area contributed by atoms with Gasteiger partial charge in [-0.25, -0.2) is 0 Å². The average Bonchev–Trinajstić information content (AvgIpc) is 2.90. The Labute approximate surface area is 115 Å². The summed E-state index contributed by atoms with van der Waals surface area (Å²) in [6.07, 6.45) is 11.4. The molecule has 0 bridgehead atoms. The molecule has 0 amide bonds. The summed E-state index contributed by atoms with van der Waals surface area (Å²) in [5.41, 5.74) is 1.23. The van der Waals surface area contributed by atoms with E-state index in [0.717, 1.165) is 23.9 Å². The predicted molar refractivity (Wildman–Crippen MR) is 77.0 cm³/mol. The van der Waals surface area contributed by atoms with Crippen molar-refractivity contribution >= 4 is 11.6 Å².